The number of nitrogens with one attached hydrogen (secondary N) is 1. The summed E-state index contributed by atoms with van der Waals surface area (Å²) in [6, 6.07) is 11.5. The van der Waals surface area contributed by atoms with Crippen LogP contribution in [0.25, 0.3) is 10.9 Å². The van der Waals surface area contributed by atoms with Gasteiger partial charge < -0.3 is 9.88 Å². The third kappa shape index (κ3) is 3.35. The van der Waals surface area contributed by atoms with Crippen molar-refractivity contribution < 1.29 is 4.79 Å². The van der Waals surface area contributed by atoms with Crippen molar-refractivity contribution in [3.05, 3.63) is 75.8 Å². The maximum Gasteiger partial charge on any atom is 0.253 e. The molecule has 0 aliphatic carbocycles. The molecule has 0 aliphatic heterocycles. The van der Waals surface area contributed by atoms with Gasteiger partial charge in [0.25, 0.3) is 5.56 Å². The molecule has 0 spiro atoms. The summed E-state index contributed by atoms with van der Waals surface area (Å²) in [4.78, 5) is 33.0. The Balaban J connectivity index is 1.92. The molecule has 1 aromatic carbocycles. The Morgan fingerprint density at radius 3 is 2.75 bits per heavy atom. The number of fused-ring (bicyclic) bond motifs is 1. The number of aromatic nitrogens is 2. The lowest BCUT2D eigenvalue weighted by Crippen LogP contribution is -2.30. The lowest BCUT2D eigenvalue weighted by Gasteiger charge is -2.21. The Morgan fingerprint density at radius 1 is 1.21 bits per heavy atom. The van der Waals surface area contributed by atoms with Gasteiger partial charge in [-0.3, -0.25) is 14.6 Å². The molecule has 0 atom stereocenters. The van der Waals surface area contributed by atoms with Crippen molar-refractivity contribution in [2.45, 2.75) is 26.9 Å². The monoisotopic (exact) mass is 321 g/mol. The van der Waals surface area contributed by atoms with Crippen molar-refractivity contribution in [2.75, 3.05) is 0 Å². The number of pyridine rings is 2. The number of hydrogen-bond acceptors (Lipinski definition) is 3. The Morgan fingerprint density at radius 2 is 2.04 bits per heavy atom. The van der Waals surface area contributed by atoms with E-state index in [1.54, 1.807) is 17.3 Å². The number of amides is 1. The first kappa shape index (κ1) is 15.9. The molecule has 0 bridgehead atoms. The summed E-state index contributed by atoms with van der Waals surface area (Å²) in [5, 5.41) is 0.967. The van der Waals surface area contributed by atoms with Gasteiger partial charge in [0.15, 0.2) is 0 Å². The number of nitrogens with zero attached hydrogens (tertiary/aromatic N) is 2. The minimum atomic E-state index is -0.158. The first-order valence-electron chi connectivity index (χ1n) is 7.80. The van der Waals surface area contributed by atoms with Crippen LogP contribution in [0.1, 0.15) is 23.6 Å². The fraction of sp³-hybridized carbons (Fsp3) is 0.211. The second kappa shape index (κ2) is 6.66. The quantitative estimate of drug-likeness (QED) is 0.803. The zero-order valence-electron chi connectivity index (χ0n) is 13.7. The molecule has 3 rings (SSSR count). The number of carbonyl (C=O) groups excluding carboxylic acids is 1. The van der Waals surface area contributed by atoms with E-state index in [-0.39, 0.29) is 18.0 Å². The van der Waals surface area contributed by atoms with Crippen LogP contribution in [0.3, 0.4) is 0 Å². The van der Waals surface area contributed by atoms with Gasteiger partial charge in [0, 0.05) is 31.4 Å². The number of carbonyl (C=O) groups is 1. The van der Waals surface area contributed by atoms with E-state index in [9.17, 15) is 9.59 Å². The van der Waals surface area contributed by atoms with Crippen LogP contribution < -0.4 is 5.56 Å². The van der Waals surface area contributed by atoms with Gasteiger partial charge in [0.05, 0.1) is 12.1 Å². The van der Waals surface area contributed by atoms with Crippen LogP contribution in [-0.2, 0) is 17.9 Å². The molecule has 122 valence electrons. The Labute approximate surface area is 140 Å². The largest absolute Gasteiger partial charge is 0.334 e. The lowest BCUT2D eigenvalue weighted by atomic mass is 10.1. The van der Waals surface area contributed by atoms with E-state index >= 15 is 0 Å². The van der Waals surface area contributed by atoms with E-state index in [1.165, 1.54) is 6.92 Å². The summed E-state index contributed by atoms with van der Waals surface area (Å²) >= 11 is 0. The van der Waals surface area contributed by atoms with Crippen molar-refractivity contribution in [1.82, 2.24) is 14.9 Å². The molecule has 2 aromatic heterocycles. The molecule has 0 saturated carbocycles. The number of H-pyrrole nitrogens is 1. The second-order valence-corrected chi connectivity index (χ2v) is 5.90. The molecule has 1 N–H and O–H groups in total. The number of hydrogen-bond donors (Lipinski definition) is 1. The van der Waals surface area contributed by atoms with Crippen molar-refractivity contribution in [3.8, 4) is 0 Å². The van der Waals surface area contributed by atoms with Gasteiger partial charge in [0.1, 0.15) is 0 Å². The molecule has 5 heteroatoms. The van der Waals surface area contributed by atoms with Gasteiger partial charge in [-0.25, -0.2) is 0 Å². The number of benzene rings is 1. The molecule has 1 amide bonds. The Kier molecular flexibility index (Phi) is 4.42. The Bertz CT molecular complexity index is 932. The highest BCUT2D eigenvalue weighted by Gasteiger charge is 2.13. The minimum absolute atomic E-state index is 0.0809. The number of aryl methyl sites for hydroxylation is 1. The fourth-order valence-electron chi connectivity index (χ4n) is 2.74. The first-order valence-corrected chi connectivity index (χ1v) is 7.80. The van der Waals surface area contributed by atoms with Crippen LogP contribution in [0.4, 0.5) is 0 Å². The van der Waals surface area contributed by atoms with E-state index in [0.717, 1.165) is 22.0 Å². The minimum Gasteiger partial charge on any atom is -0.334 e. The van der Waals surface area contributed by atoms with Crippen LogP contribution in [0.5, 0.6) is 0 Å². The average Bonchev–Trinajstić information content (AvgIpc) is 2.56. The van der Waals surface area contributed by atoms with Crippen LogP contribution in [0.15, 0.2) is 53.6 Å². The maximum atomic E-state index is 12.4. The Hall–Kier alpha value is -2.95. The average molecular weight is 321 g/mol. The highest BCUT2D eigenvalue weighted by molar-refractivity contribution is 5.82. The van der Waals surface area contributed by atoms with Crippen LogP contribution in [-0.4, -0.2) is 20.8 Å². The topological polar surface area (TPSA) is 66.1 Å². The van der Waals surface area contributed by atoms with Gasteiger partial charge in [-0.15, -0.1) is 0 Å². The number of rotatable bonds is 4. The summed E-state index contributed by atoms with van der Waals surface area (Å²) in [5.74, 6) is -0.0809. The van der Waals surface area contributed by atoms with Crippen LogP contribution in [0, 0.1) is 6.92 Å². The van der Waals surface area contributed by atoms with Gasteiger partial charge in [0.2, 0.25) is 5.91 Å². The molecule has 2 heterocycles. The second-order valence-electron chi connectivity index (χ2n) is 5.90. The smallest absolute Gasteiger partial charge is 0.253 e. The summed E-state index contributed by atoms with van der Waals surface area (Å²) < 4.78 is 0. The highest BCUT2D eigenvalue weighted by atomic mass is 16.2. The zero-order chi connectivity index (χ0) is 17.1. The van der Waals surface area contributed by atoms with E-state index < -0.39 is 0 Å². The van der Waals surface area contributed by atoms with Gasteiger partial charge in [-0.05, 0) is 35.6 Å². The number of para-hydroxylation sites is 1. The van der Waals surface area contributed by atoms with Crippen molar-refractivity contribution in [2.24, 2.45) is 0 Å². The van der Waals surface area contributed by atoms with E-state index in [2.05, 4.69) is 9.97 Å². The molecule has 0 radical (unpaired) electrons. The molecule has 0 fully saturated rings. The van der Waals surface area contributed by atoms with Gasteiger partial charge in [-0.1, -0.05) is 24.3 Å². The molecule has 0 unspecified atom stereocenters. The van der Waals surface area contributed by atoms with E-state index in [1.807, 2.05) is 43.3 Å². The van der Waals surface area contributed by atoms with Gasteiger partial charge >= 0.3 is 0 Å². The fourth-order valence-corrected chi connectivity index (χ4v) is 2.74. The van der Waals surface area contributed by atoms with Crippen LogP contribution in [0.2, 0.25) is 0 Å². The molecular formula is C19H19N3O2. The van der Waals surface area contributed by atoms with Crippen LogP contribution >= 0.6 is 0 Å². The summed E-state index contributed by atoms with van der Waals surface area (Å²) in [6.07, 6.45) is 3.42. The molecular weight excluding hydrogens is 302 g/mol. The molecule has 0 saturated heterocycles. The third-order valence-corrected chi connectivity index (χ3v) is 4.07. The maximum absolute atomic E-state index is 12.4. The highest BCUT2D eigenvalue weighted by Crippen LogP contribution is 2.16. The van der Waals surface area contributed by atoms with E-state index in [4.69, 9.17) is 0 Å². The standard InChI is InChI=1S/C19H19N3O2/c1-13-5-3-7-16-9-17(19(24)21-18(13)16)12-22(14(2)23)11-15-6-4-8-20-10-15/h3-10H,11-12H2,1-2H3,(H,21,24). The van der Waals surface area contributed by atoms with Crippen molar-refractivity contribution >= 4 is 16.8 Å². The lowest BCUT2D eigenvalue weighted by molar-refractivity contribution is -0.130. The van der Waals surface area contributed by atoms with E-state index in [0.29, 0.717) is 12.1 Å². The normalized spacial score (nSPS) is 10.8. The van der Waals surface area contributed by atoms with Crippen molar-refractivity contribution in [1.29, 1.82) is 0 Å². The summed E-state index contributed by atoms with van der Waals surface area (Å²) in [5.41, 5.74) is 3.21. The summed E-state index contributed by atoms with van der Waals surface area (Å²) in [7, 11) is 0. The molecule has 5 nitrogen and oxygen atoms in total. The first-order chi connectivity index (χ1) is 11.5. The molecule has 3 aromatic rings. The molecule has 24 heavy (non-hydrogen) atoms. The molecule has 0 aliphatic rings. The predicted molar refractivity (Wildman–Crippen MR) is 93.5 cm³/mol. The SMILES string of the molecule is CC(=O)N(Cc1cccnc1)Cc1cc2cccc(C)c2[nH]c1=O. The third-order valence-electron chi connectivity index (χ3n) is 4.07. The number of aromatic amines is 1. The zero-order valence-corrected chi connectivity index (χ0v) is 13.7. The predicted octanol–water partition coefficient (Wildman–Crippen LogP) is 2.78. The summed E-state index contributed by atoms with van der Waals surface area (Å²) in [6.45, 7) is 4.16. The van der Waals surface area contributed by atoms with Gasteiger partial charge in [-0.2, -0.15) is 0 Å². The van der Waals surface area contributed by atoms with Crippen molar-refractivity contribution in [3.63, 3.8) is 0 Å².